The Morgan fingerprint density at radius 1 is 1.50 bits per heavy atom. The maximum absolute atomic E-state index is 5.67. The number of aromatic nitrogens is 3. The van der Waals surface area contributed by atoms with Crippen molar-refractivity contribution in [1.82, 2.24) is 20.1 Å². The molecule has 2 atom stereocenters. The van der Waals surface area contributed by atoms with Crippen LogP contribution in [-0.2, 0) is 11.2 Å². The summed E-state index contributed by atoms with van der Waals surface area (Å²) in [5.74, 6) is 1.00. The molecule has 0 saturated carbocycles. The highest BCUT2D eigenvalue weighted by atomic mass is 16.5. The number of nitrogens with zero attached hydrogens (tertiary/aromatic N) is 3. The van der Waals surface area contributed by atoms with Crippen LogP contribution < -0.4 is 5.32 Å². The van der Waals surface area contributed by atoms with E-state index in [0.29, 0.717) is 6.04 Å². The van der Waals surface area contributed by atoms with Gasteiger partial charge < -0.3 is 10.1 Å². The molecular formula is C13H26N4O. The zero-order valence-electron chi connectivity index (χ0n) is 12.4. The zero-order chi connectivity index (χ0) is 13.8. The van der Waals surface area contributed by atoms with Gasteiger partial charge in [0, 0.05) is 25.6 Å². The number of likely N-dealkylation sites (N-methyl/N-ethyl adjacent to an activating group) is 1. The fourth-order valence-electron chi connectivity index (χ4n) is 2.19. The molecule has 0 spiro atoms. The lowest BCUT2D eigenvalue weighted by Gasteiger charge is -2.35. The summed E-state index contributed by atoms with van der Waals surface area (Å²) in [4.78, 5) is 4.36. The lowest BCUT2D eigenvalue weighted by atomic mass is 9.90. The zero-order valence-corrected chi connectivity index (χ0v) is 12.4. The smallest absolute Gasteiger partial charge is 0.138 e. The van der Waals surface area contributed by atoms with E-state index in [1.54, 1.807) is 13.4 Å². The highest BCUT2D eigenvalue weighted by molar-refractivity contribution is 4.98. The van der Waals surface area contributed by atoms with Crippen LogP contribution in [0.4, 0.5) is 0 Å². The van der Waals surface area contributed by atoms with Crippen molar-refractivity contribution in [2.75, 3.05) is 14.2 Å². The van der Waals surface area contributed by atoms with Gasteiger partial charge in [-0.15, -0.1) is 0 Å². The SMILES string of the molecule is CCC(C)(OC)C(Cc1ncnn1C(C)C)NC. The minimum absolute atomic E-state index is 0.192. The van der Waals surface area contributed by atoms with Gasteiger partial charge in [-0.05, 0) is 34.2 Å². The van der Waals surface area contributed by atoms with E-state index in [1.807, 2.05) is 11.7 Å². The predicted molar refractivity (Wildman–Crippen MR) is 72.7 cm³/mol. The Labute approximate surface area is 110 Å². The Kier molecular flexibility index (Phi) is 5.28. The van der Waals surface area contributed by atoms with Gasteiger partial charge in [0.1, 0.15) is 12.2 Å². The van der Waals surface area contributed by atoms with Gasteiger partial charge >= 0.3 is 0 Å². The molecule has 1 aromatic heterocycles. The lowest BCUT2D eigenvalue weighted by Crippen LogP contribution is -2.50. The summed E-state index contributed by atoms with van der Waals surface area (Å²) in [6.07, 6.45) is 3.38. The van der Waals surface area contributed by atoms with Crippen LogP contribution >= 0.6 is 0 Å². The number of hydrogen-bond acceptors (Lipinski definition) is 4. The minimum atomic E-state index is -0.192. The van der Waals surface area contributed by atoms with Gasteiger partial charge in [-0.1, -0.05) is 6.92 Å². The van der Waals surface area contributed by atoms with E-state index in [2.05, 4.69) is 43.1 Å². The highest BCUT2D eigenvalue weighted by Crippen LogP contribution is 2.22. The average molecular weight is 254 g/mol. The van der Waals surface area contributed by atoms with Crippen LogP contribution in [0.3, 0.4) is 0 Å². The Balaban J connectivity index is 2.89. The molecule has 18 heavy (non-hydrogen) atoms. The molecule has 0 aliphatic rings. The molecule has 0 aromatic carbocycles. The molecule has 0 amide bonds. The molecule has 104 valence electrons. The van der Waals surface area contributed by atoms with E-state index < -0.39 is 0 Å². The minimum Gasteiger partial charge on any atom is -0.377 e. The van der Waals surface area contributed by atoms with Crippen molar-refractivity contribution in [3.63, 3.8) is 0 Å². The van der Waals surface area contributed by atoms with Crippen LogP contribution in [0.2, 0.25) is 0 Å². The summed E-state index contributed by atoms with van der Waals surface area (Å²) < 4.78 is 7.64. The second-order valence-corrected chi connectivity index (χ2v) is 5.13. The Hall–Kier alpha value is -0.940. The Morgan fingerprint density at radius 2 is 2.17 bits per heavy atom. The second-order valence-electron chi connectivity index (χ2n) is 5.13. The second kappa shape index (κ2) is 6.29. The molecular weight excluding hydrogens is 228 g/mol. The van der Waals surface area contributed by atoms with E-state index in [4.69, 9.17) is 4.74 Å². The number of nitrogens with one attached hydrogen (secondary N) is 1. The summed E-state index contributed by atoms with van der Waals surface area (Å²) in [7, 11) is 3.73. The molecule has 1 heterocycles. The monoisotopic (exact) mass is 254 g/mol. The molecule has 0 fully saturated rings. The summed E-state index contributed by atoms with van der Waals surface area (Å²) in [6, 6.07) is 0.546. The van der Waals surface area contributed by atoms with Gasteiger partial charge in [0.05, 0.1) is 5.60 Å². The number of ether oxygens (including phenoxy) is 1. The first kappa shape index (κ1) is 15.1. The first-order chi connectivity index (χ1) is 8.48. The van der Waals surface area contributed by atoms with Gasteiger partial charge in [-0.25, -0.2) is 9.67 Å². The summed E-state index contributed by atoms with van der Waals surface area (Å²) in [5, 5.41) is 7.62. The molecule has 5 heteroatoms. The van der Waals surface area contributed by atoms with E-state index in [0.717, 1.165) is 18.7 Å². The average Bonchev–Trinajstić information content (AvgIpc) is 2.83. The van der Waals surface area contributed by atoms with Crippen molar-refractivity contribution >= 4 is 0 Å². The molecule has 2 unspecified atom stereocenters. The largest absolute Gasteiger partial charge is 0.377 e. The summed E-state index contributed by atoms with van der Waals surface area (Å²) in [5.41, 5.74) is -0.192. The highest BCUT2D eigenvalue weighted by Gasteiger charge is 2.32. The van der Waals surface area contributed by atoms with Crippen molar-refractivity contribution in [1.29, 1.82) is 0 Å². The molecule has 0 aliphatic heterocycles. The van der Waals surface area contributed by atoms with Gasteiger partial charge in [-0.3, -0.25) is 0 Å². The van der Waals surface area contributed by atoms with E-state index in [-0.39, 0.29) is 11.6 Å². The molecule has 1 N–H and O–H groups in total. The summed E-state index contributed by atoms with van der Waals surface area (Å²) in [6.45, 7) is 8.50. The van der Waals surface area contributed by atoms with Crippen molar-refractivity contribution in [2.24, 2.45) is 0 Å². The maximum Gasteiger partial charge on any atom is 0.138 e. The van der Waals surface area contributed by atoms with Crippen molar-refractivity contribution < 1.29 is 4.74 Å². The number of hydrogen-bond donors (Lipinski definition) is 1. The molecule has 0 bridgehead atoms. The van der Waals surface area contributed by atoms with Gasteiger partial charge in [0.15, 0.2) is 0 Å². The normalized spacial score (nSPS) is 16.8. The Bertz CT molecular complexity index is 358. The predicted octanol–water partition coefficient (Wildman–Crippen LogP) is 1.80. The first-order valence-corrected chi connectivity index (χ1v) is 6.59. The van der Waals surface area contributed by atoms with Crippen LogP contribution in [0, 0.1) is 0 Å². The number of rotatable bonds is 7. The van der Waals surface area contributed by atoms with Crippen LogP contribution in [0.15, 0.2) is 6.33 Å². The maximum atomic E-state index is 5.67. The van der Waals surface area contributed by atoms with E-state index in [9.17, 15) is 0 Å². The fraction of sp³-hybridized carbons (Fsp3) is 0.846. The van der Waals surface area contributed by atoms with Crippen molar-refractivity contribution in [3.05, 3.63) is 12.2 Å². The fourth-order valence-corrected chi connectivity index (χ4v) is 2.19. The molecule has 1 aromatic rings. The van der Waals surface area contributed by atoms with Gasteiger partial charge in [0.25, 0.3) is 0 Å². The third-order valence-corrected chi connectivity index (χ3v) is 3.78. The van der Waals surface area contributed by atoms with Crippen LogP contribution in [0.25, 0.3) is 0 Å². The van der Waals surface area contributed by atoms with Crippen molar-refractivity contribution in [2.45, 2.75) is 58.2 Å². The third-order valence-electron chi connectivity index (χ3n) is 3.78. The van der Waals surface area contributed by atoms with E-state index in [1.165, 1.54) is 0 Å². The third kappa shape index (κ3) is 3.09. The standard InChI is InChI=1S/C13H26N4O/c1-7-13(4,18-6)11(14-5)8-12-15-9-16-17(12)10(2)3/h9-11,14H,7-8H2,1-6H3. The molecule has 5 nitrogen and oxygen atoms in total. The lowest BCUT2D eigenvalue weighted by molar-refractivity contribution is -0.0276. The molecule has 0 aliphatic carbocycles. The quantitative estimate of drug-likeness (QED) is 0.806. The van der Waals surface area contributed by atoms with Crippen molar-refractivity contribution in [3.8, 4) is 0 Å². The van der Waals surface area contributed by atoms with E-state index >= 15 is 0 Å². The molecule has 0 radical (unpaired) electrons. The van der Waals surface area contributed by atoms with Crippen LogP contribution in [0.1, 0.15) is 46.0 Å². The Morgan fingerprint density at radius 3 is 2.61 bits per heavy atom. The molecule has 0 saturated heterocycles. The van der Waals surface area contributed by atoms with Crippen LogP contribution in [-0.4, -0.2) is 40.6 Å². The topological polar surface area (TPSA) is 52.0 Å². The van der Waals surface area contributed by atoms with Gasteiger partial charge in [-0.2, -0.15) is 5.10 Å². The van der Waals surface area contributed by atoms with Gasteiger partial charge in [0.2, 0.25) is 0 Å². The number of methoxy groups -OCH3 is 1. The summed E-state index contributed by atoms with van der Waals surface area (Å²) >= 11 is 0. The first-order valence-electron chi connectivity index (χ1n) is 6.59. The molecule has 1 rings (SSSR count). The van der Waals surface area contributed by atoms with Crippen LogP contribution in [0.5, 0.6) is 0 Å².